The molecule has 0 saturated heterocycles. The lowest BCUT2D eigenvalue weighted by Gasteiger charge is -2.38. The summed E-state index contributed by atoms with van der Waals surface area (Å²) >= 11 is 3.69. The third-order valence-electron chi connectivity index (χ3n) is 5.13. The molecule has 1 N–H and O–H groups in total. The van der Waals surface area contributed by atoms with Crippen molar-refractivity contribution in [2.45, 2.75) is 25.3 Å². The molecule has 1 aliphatic heterocycles. The van der Waals surface area contributed by atoms with E-state index in [2.05, 4.69) is 57.7 Å². The lowest BCUT2D eigenvalue weighted by Crippen LogP contribution is -2.30. The molecule has 0 unspecified atom stereocenters. The van der Waals surface area contributed by atoms with Crippen molar-refractivity contribution in [2.24, 2.45) is 5.92 Å². The number of anilines is 1. The molecule has 0 radical (unpaired) electrons. The van der Waals surface area contributed by atoms with E-state index in [0.717, 1.165) is 16.6 Å². The normalized spacial score (nSPS) is 23.5. The summed E-state index contributed by atoms with van der Waals surface area (Å²) in [5, 5.41) is 3.66. The molecule has 0 fully saturated rings. The van der Waals surface area contributed by atoms with E-state index in [1.807, 2.05) is 25.1 Å². The maximum absolute atomic E-state index is 12.4. The SMILES string of the molecule is CCOC(=O)c1cccc2c1N[C@H](c1ccccc1Br)[C@H]1CC=C[C@@H]21. The van der Waals surface area contributed by atoms with Crippen LogP contribution >= 0.6 is 15.9 Å². The van der Waals surface area contributed by atoms with Crippen molar-refractivity contribution in [3.63, 3.8) is 0 Å². The van der Waals surface area contributed by atoms with Crippen molar-refractivity contribution >= 4 is 27.6 Å². The minimum Gasteiger partial charge on any atom is -0.462 e. The molecule has 2 aliphatic rings. The van der Waals surface area contributed by atoms with Crippen molar-refractivity contribution in [2.75, 3.05) is 11.9 Å². The highest BCUT2D eigenvalue weighted by Crippen LogP contribution is 2.51. The molecule has 0 aromatic heterocycles. The van der Waals surface area contributed by atoms with Crippen molar-refractivity contribution in [1.82, 2.24) is 0 Å². The van der Waals surface area contributed by atoms with Crippen LogP contribution < -0.4 is 5.32 Å². The van der Waals surface area contributed by atoms with Gasteiger partial charge in [0.25, 0.3) is 0 Å². The van der Waals surface area contributed by atoms with Gasteiger partial charge in [-0.05, 0) is 42.5 Å². The Hall–Kier alpha value is -2.07. The van der Waals surface area contributed by atoms with Gasteiger partial charge in [-0.2, -0.15) is 0 Å². The number of allylic oxidation sites excluding steroid dienone is 2. The minimum absolute atomic E-state index is 0.152. The molecule has 0 bridgehead atoms. The number of hydrogen-bond donors (Lipinski definition) is 1. The summed E-state index contributed by atoms with van der Waals surface area (Å²) in [6, 6.07) is 14.4. The molecule has 3 nitrogen and oxygen atoms in total. The molecule has 4 heteroatoms. The van der Waals surface area contributed by atoms with E-state index < -0.39 is 0 Å². The van der Waals surface area contributed by atoms with Crippen LogP contribution in [0.2, 0.25) is 0 Å². The lowest BCUT2D eigenvalue weighted by molar-refractivity contribution is 0.0527. The summed E-state index contributed by atoms with van der Waals surface area (Å²) in [6.45, 7) is 2.21. The molecule has 0 saturated carbocycles. The van der Waals surface area contributed by atoms with Gasteiger partial charge in [-0.15, -0.1) is 0 Å². The molecule has 4 rings (SSSR count). The highest BCUT2D eigenvalue weighted by atomic mass is 79.9. The number of carbonyl (C=O) groups excluding carboxylic acids is 1. The topological polar surface area (TPSA) is 38.3 Å². The van der Waals surface area contributed by atoms with Crippen LogP contribution in [0.5, 0.6) is 0 Å². The summed E-state index contributed by atoms with van der Waals surface area (Å²) in [7, 11) is 0. The number of hydrogen-bond acceptors (Lipinski definition) is 3. The maximum atomic E-state index is 12.4. The Kier molecular flexibility index (Phi) is 4.38. The number of fused-ring (bicyclic) bond motifs is 3. The van der Waals surface area contributed by atoms with E-state index in [0.29, 0.717) is 24.0 Å². The van der Waals surface area contributed by atoms with E-state index in [9.17, 15) is 4.79 Å². The predicted octanol–water partition coefficient (Wildman–Crippen LogP) is 5.45. The van der Waals surface area contributed by atoms with Crippen LogP contribution in [-0.2, 0) is 4.74 Å². The quantitative estimate of drug-likeness (QED) is 0.552. The zero-order valence-electron chi connectivity index (χ0n) is 14.0. The Labute approximate surface area is 156 Å². The molecule has 2 aromatic rings. The fourth-order valence-electron chi connectivity index (χ4n) is 4.04. The summed E-state index contributed by atoms with van der Waals surface area (Å²) in [4.78, 5) is 12.4. The first kappa shape index (κ1) is 16.4. The molecule has 3 atom stereocenters. The summed E-state index contributed by atoms with van der Waals surface area (Å²) in [6.07, 6.45) is 5.57. The van der Waals surface area contributed by atoms with Crippen molar-refractivity contribution in [1.29, 1.82) is 0 Å². The summed E-state index contributed by atoms with van der Waals surface area (Å²) < 4.78 is 6.36. The van der Waals surface area contributed by atoms with Crippen LogP contribution in [0.15, 0.2) is 59.1 Å². The summed E-state index contributed by atoms with van der Waals surface area (Å²) in [5.74, 6) is 0.504. The molecule has 2 aromatic carbocycles. The van der Waals surface area contributed by atoms with Gasteiger partial charge in [0.05, 0.1) is 23.9 Å². The molecular formula is C21H20BrNO2. The van der Waals surface area contributed by atoms with Crippen LogP contribution in [0.3, 0.4) is 0 Å². The fourth-order valence-corrected chi connectivity index (χ4v) is 4.57. The van der Waals surface area contributed by atoms with Crippen LogP contribution in [0.1, 0.15) is 46.8 Å². The molecule has 0 spiro atoms. The number of halogens is 1. The first-order valence-electron chi connectivity index (χ1n) is 8.68. The lowest BCUT2D eigenvalue weighted by atomic mass is 9.76. The van der Waals surface area contributed by atoms with Gasteiger partial charge in [0, 0.05) is 10.4 Å². The zero-order valence-corrected chi connectivity index (χ0v) is 15.6. The van der Waals surface area contributed by atoms with E-state index >= 15 is 0 Å². The predicted molar refractivity (Wildman–Crippen MR) is 103 cm³/mol. The second-order valence-corrected chi connectivity index (χ2v) is 7.34. The fraction of sp³-hybridized carbons (Fsp3) is 0.286. The van der Waals surface area contributed by atoms with Gasteiger partial charge in [0.1, 0.15) is 0 Å². The Balaban J connectivity index is 1.82. The van der Waals surface area contributed by atoms with E-state index in [4.69, 9.17) is 4.74 Å². The molecule has 1 heterocycles. The largest absolute Gasteiger partial charge is 0.462 e. The smallest absolute Gasteiger partial charge is 0.340 e. The second kappa shape index (κ2) is 6.68. The monoisotopic (exact) mass is 397 g/mol. The Morgan fingerprint density at radius 1 is 1.20 bits per heavy atom. The van der Waals surface area contributed by atoms with Gasteiger partial charge >= 0.3 is 5.97 Å². The van der Waals surface area contributed by atoms with Gasteiger partial charge in [-0.25, -0.2) is 4.79 Å². The number of rotatable bonds is 3. The highest BCUT2D eigenvalue weighted by Gasteiger charge is 2.39. The molecule has 128 valence electrons. The van der Waals surface area contributed by atoms with E-state index in [1.54, 1.807) is 0 Å². The Morgan fingerprint density at radius 3 is 2.80 bits per heavy atom. The zero-order chi connectivity index (χ0) is 17.4. The third kappa shape index (κ3) is 2.78. The van der Waals surface area contributed by atoms with Crippen LogP contribution in [0.25, 0.3) is 0 Å². The molecule has 1 aliphatic carbocycles. The van der Waals surface area contributed by atoms with Gasteiger partial charge in [0.15, 0.2) is 0 Å². The van der Waals surface area contributed by atoms with E-state index in [-0.39, 0.29) is 12.0 Å². The first-order chi connectivity index (χ1) is 12.2. The number of para-hydroxylation sites is 1. The van der Waals surface area contributed by atoms with Crippen LogP contribution in [0.4, 0.5) is 5.69 Å². The highest BCUT2D eigenvalue weighted by molar-refractivity contribution is 9.10. The number of benzene rings is 2. The summed E-state index contributed by atoms with van der Waals surface area (Å²) in [5.41, 5.74) is 3.95. The van der Waals surface area contributed by atoms with Gasteiger partial charge < -0.3 is 10.1 Å². The number of nitrogens with one attached hydrogen (secondary N) is 1. The molecular weight excluding hydrogens is 378 g/mol. The second-order valence-electron chi connectivity index (χ2n) is 6.49. The van der Waals surface area contributed by atoms with Gasteiger partial charge in [-0.1, -0.05) is 58.4 Å². The standard InChI is InChI=1S/C21H20BrNO2/c1-2-25-21(24)17-11-6-10-15-13-8-5-9-14(13)19(23-20(15)17)16-7-3-4-12-18(16)22/h3-8,10-14,19,23H,2,9H2,1H3/t13-,14+,19+/m1/s1. The molecule has 25 heavy (non-hydrogen) atoms. The van der Waals surface area contributed by atoms with Crippen LogP contribution in [0, 0.1) is 5.92 Å². The average Bonchev–Trinajstić information content (AvgIpc) is 3.11. The van der Waals surface area contributed by atoms with Crippen molar-refractivity contribution in [3.05, 3.63) is 75.8 Å². The number of esters is 1. The third-order valence-corrected chi connectivity index (χ3v) is 5.85. The Morgan fingerprint density at radius 2 is 2.00 bits per heavy atom. The number of ether oxygens (including phenoxy) is 1. The maximum Gasteiger partial charge on any atom is 0.340 e. The van der Waals surface area contributed by atoms with Crippen LogP contribution in [-0.4, -0.2) is 12.6 Å². The van der Waals surface area contributed by atoms with Crippen molar-refractivity contribution in [3.8, 4) is 0 Å². The number of carbonyl (C=O) groups is 1. The van der Waals surface area contributed by atoms with Gasteiger partial charge in [0.2, 0.25) is 0 Å². The van der Waals surface area contributed by atoms with E-state index in [1.165, 1.54) is 11.1 Å². The van der Waals surface area contributed by atoms with Gasteiger partial charge in [-0.3, -0.25) is 0 Å². The Bertz CT molecular complexity index is 846. The molecule has 0 amide bonds. The average molecular weight is 398 g/mol. The first-order valence-corrected chi connectivity index (χ1v) is 9.47. The minimum atomic E-state index is -0.266. The van der Waals surface area contributed by atoms with Crippen molar-refractivity contribution < 1.29 is 9.53 Å².